The molecule has 1 N–H and O–H groups in total. The zero-order chi connectivity index (χ0) is 18.4. The fourth-order valence-corrected chi connectivity index (χ4v) is 3.55. The molecule has 0 saturated carbocycles. The van der Waals surface area contributed by atoms with Crippen molar-refractivity contribution >= 4 is 11.7 Å². The number of carbonyl (C=O) groups is 1. The summed E-state index contributed by atoms with van der Waals surface area (Å²) in [6.07, 6.45) is 4.22. The van der Waals surface area contributed by atoms with Gasteiger partial charge in [0.25, 0.3) is 0 Å². The van der Waals surface area contributed by atoms with Crippen LogP contribution in [-0.4, -0.2) is 24.1 Å². The second-order valence-electron chi connectivity index (χ2n) is 6.73. The molecule has 26 heavy (non-hydrogen) atoms. The highest BCUT2D eigenvalue weighted by atomic mass is 16.5. The molecule has 4 heteroatoms. The van der Waals surface area contributed by atoms with Gasteiger partial charge in [-0.05, 0) is 61.6 Å². The van der Waals surface area contributed by atoms with Crippen molar-refractivity contribution in [3.8, 4) is 5.75 Å². The van der Waals surface area contributed by atoms with Crippen LogP contribution in [0.25, 0.3) is 0 Å². The number of nitrogens with one attached hydrogen (secondary N) is 1. The van der Waals surface area contributed by atoms with E-state index in [1.54, 1.807) is 0 Å². The minimum atomic E-state index is -0.0235. The zero-order valence-electron chi connectivity index (χ0n) is 15.7. The van der Waals surface area contributed by atoms with Crippen LogP contribution in [0.3, 0.4) is 0 Å². The Morgan fingerprint density at radius 1 is 1.12 bits per heavy atom. The first-order valence-electron chi connectivity index (χ1n) is 9.60. The lowest BCUT2D eigenvalue weighted by Crippen LogP contribution is -2.34. The monoisotopic (exact) mass is 352 g/mol. The number of ether oxygens (including phenoxy) is 1. The fraction of sp³-hybridized carbons (Fsp3) is 0.409. The lowest BCUT2D eigenvalue weighted by Gasteiger charge is -2.25. The van der Waals surface area contributed by atoms with Crippen molar-refractivity contribution in [1.82, 2.24) is 4.90 Å². The van der Waals surface area contributed by atoms with E-state index in [0.717, 1.165) is 43.7 Å². The first-order chi connectivity index (χ1) is 12.7. The largest absolute Gasteiger partial charge is 0.494 e. The number of anilines is 1. The lowest BCUT2D eigenvalue weighted by molar-refractivity contribution is 0.207. The summed E-state index contributed by atoms with van der Waals surface area (Å²) < 4.78 is 5.51. The van der Waals surface area contributed by atoms with Crippen LogP contribution in [0.1, 0.15) is 50.3 Å². The van der Waals surface area contributed by atoms with Crippen LogP contribution in [0, 0.1) is 0 Å². The van der Waals surface area contributed by atoms with E-state index >= 15 is 0 Å². The number of nitrogens with zero attached hydrogens (tertiary/aromatic N) is 1. The maximum absolute atomic E-state index is 12.8. The number of aryl methyl sites for hydroxylation is 1. The third-order valence-electron chi connectivity index (χ3n) is 4.83. The van der Waals surface area contributed by atoms with E-state index in [4.69, 9.17) is 4.74 Å². The summed E-state index contributed by atoms with van der Waals surface area (Å²) in [5, 5.41) is 3.05. The molecule has 1 aliphatic heterocycles. The van der Waals surface area contributed by atoms with E-state index in [1.807, 2.05) is 36.1 Å². The Kier molecular flexibility index (Phi) is 6.16. The van der Waals surface area contributed by atoms with E-state index in [9.17, 15) is 4.79 Å². The van der Waals surface area contributed by atoms with E-state index in [1.165, 1.54) is 11.1 Å². The Bertz CT molecular complexity index is 710. The average molecular weight is 352 g/mol. The molecule has 1 unspecified atom stereocenters. The number of amides is 2. The molecule has 1 atom stereocenters. The molecule has 0 radical (unpaired) electrons. The summed E-state index contributed by atoms with van der Waals surface area (Å²) in [5.41, 5.74) is 3.32. The smallest absolute Gasteiger partial charge is 0.322 e. The van der Waals surface area contributed by atoms with Crippen LogP contribution in [0.5, 0.6) is 5.75 Å². The Labute approximate surface area is 156 Å². The van der Waals surface area contributed by atoms with Crippen molar-refractivity contribution in [1.29, 1.82) is 0 Å². The molecule has 0 aromatic heterocycles. The lowest BCUT2D eigenvalue weighted by atomic mass is 10.0. The van der Waals surface area contributed by atoms with Gasteiger partial charge in [-0.2, -0.15) is 0 Å². The topological polar surface area (TPSA) is 41.6 Å². The van der Waals surface area contributed by atoms with E-state index < -0.39 is 0 Å². The Balaban J connectivity index is 1.65. The number of benzene rings is 2. The SMILES string of the molecule is CCCc1ccc(NC(=O)N2CCCC2c2ccc(OCC)cc2)cc1. The molecule has 0 bridgehead atoms. The molecule has 2 aromatic rings. The average Bonchev–Trinajstić information content (AvgIpc) is 3.14. The fourth-order valence-electron chi connectivity index (χ4n) is 3.55. The van der Waals surface area contributed by atoms with Crippen LogP contribution in [-0.2, 0) is 6.42 Å². The predicted octanol–water partition coefficient (Wildman–Crippen LogP) is 5.41. The van der Waals surface area contributed by atoms with Gasteiger partial charge in [0.2, 0.25) is 0 Å². The van der Waals surface area contributed by atoms with Gasteiger partial charge in [0.05, 0.1) is 12.6 Å². The number of likely N-dealkylation sites (tertiary alicyclic amines) is 1. The van der Waals surface area contributed by atoms with Crippen molar-refractivity contribution in [3.05, 3.63) is 59.7 Å². The molecular formula is C22H28N2O2. The predicted molar refractivity (Wildman–Crippen MR) is 106 cm³/mol. The number of rotatable bonds is 6. The molecule has 1 saturated heterocycles. The molecule has 1 fully saturated rings. The van der Waals surface area contributed by atoms with Gasteiger partial charge >= 0.3 is 6.03 Å². The first kappa shape index (κ1) is 18.3. The standard InChI is InChI=1S/C22H28N2O2/c1-3-6-17-8-12-19(13-9-17)23-22(25)24-16-5-7-21(24)18-10-14-20(15-11-18)26-4-2/h8-15,21H,3-7,16H2,1-2H3,(H,23,25). The maximum Gasteiger partial charge on any atom is 0.322 e. The quantitative estimate of drug-likeness (QED) is 0.755. The number of carbonyl (C=O) groups excluding carboxylic acids is 1. The van der Waals surface area contributed by atoms with E-state index in [-0.39, 0.29) is 12.1 Å². The summed E-state index contributed by atoms with van der Waals surface area (Å²) in [5.74, 6) is 0.873. The van der Waals surface area contributed by atoms with Gasteiger partial charge in [-0.3, -0.25) is 0 Å². The van der Waals surface area contributed by atoms with Crippen molar-refractivity contribution < 1.29 is 9.53 Å². The Morgan fingerprint density at radius 2 is 1.85 bits per heavy atom. The maximum atomic E-state index is 12.8. The molecule has 4 nitrogen and oxygen atoms in total. The molecule has 138 valence electrons. The number of hydrogen-bond acceptors (Lipinski definition) is 2. The third-order valence-corrected chi connectivity index (χ3v) is 4.83. The highest BCUT2D eigenvalue weighted by molar-refractivity contribution is 5.89. The summed E-state index contributed by atoms with van der Waals surface area (Å²) in [6.45, 7) is 5.60. The minimum absolute atomic E-state index is 0.0235. The number of hydrogen-bond donors (Lipinski definition) is 1. The molecular weight excluding hydrogens is 324 g/mol. The van der Waals surface area contributed by atoms with Gasteiger partial charge in [-0.25, -0.2) is 4.79 Å². The van der Waals surface area contributed by atoms with Crippen molar-refractivity contribution in [2.45, 2.75) is 45.6 Å². The van der Waals surface area contributed by atoms with Crippen molar-refractivity contribution in [2.24, 2.45) is 0 Å². The van der Waals surface area contributed by atoms with Crippen molar-refractivity contribution in [3.63, 3.8) is 0 Å². The van der Waals surface area contributed by atoms with Crippen molar-refractivity contribution in [2.75, 3.05) is 18.5 Å². The van der Waals surface area contributed by atoms with Gasteiger partial charge in [-0.1, -0.05) is 37.6 Å². The molecule has 1 heterocycles. The second kappa shape index (κ2) is 8.75. The van der Waals surface area contributed by atoms with Crippen LogP contribution < -0.4 is 10.1 Å². The molecule has 1 aliphatic rings. The van der Waals surface area contributed by atoms with E-state index in [2.05, 4.69) is 36.5 Å². The minimum Gasteiger partial charge on any atom is -0.494 e. The second-order valence-corrected chi connectivity index (χ2v) is 6.73. The normalized spacial score (nSPS) is 16.5. The van der Waals surface area contributed by atoms with Gasteiger partial charge in [0.1, 0.15) is 5.75 Å². The molecule has 0 spiro atoms. The summed E-state index contributed by atoms with van der Waals surface area (Å²) in [7, 11) is 0. The van der Waals surface area contributed by atoms with Crippen LogP contribution in [0.4, 0.5) is 10.5 Å². The molecule has 2 amide bonds. The van der Waals surface area contributed by atoms with Gasteiger partial charge < -0.3 is 15.0 Å². The van der Waals surface area contributed by atoms with Gasteiger partial charge in [0.15, 0.2) is 0 Å². The highest BCUT2D eigenvalue weighted by Gasteiger charge is 2.30. The van der Waals surface area contributed by atoms with Gasteiger partial charge in [-0.15, -0.1) is 0 Å². The Hall–Kier alpha value is -2.49. The van der Waals surface area contributed by atoms with Crippen LogP contribution in [0.15, 0.2) is 48.5 Å². The summed E-state index contributed by atoms with van der Waals surface area (Å²) in [6, 6.07) is 16.4. The molecule has 3 rings (SSSR count). The third kappa shape index (κ3) is 4.37. The zero-order valence-corrected chi connectivity index (χ0v) is 15.7. The molecule has 2 aromatic carbocycles. The number of urea groups is 1. The van der Waals surface area contributed by atoms with Crippen LogP contribution in [0.2, 0.25) is 0 Å². The summed E-state index contributed by atoms with van der Waals surface area (Å²) in [4.78, 5) is 14.7. The first-order valence-corrected chi connectivity index (χ1v) is 9.60. The Morgan fingerprint density at radius 3 is 2.50 bits per heavy atom. The molecule has 0 aliphatic carbocycles. The highest BCUT2D eigenvalue weighted by Crippen LogP contribution is 2.33. The summed E-state index contributed by atoms with van der Waals surface area (Å²) >= 11 is 0. The van der Waals surface area contributed by atoms with Gasteiger partial charge in [0, 0.05) is 12.2 Å². The van der Waals surface area contributed by atoms with E-state index in [0.29, 0.717) is 6.61 Å². The van der Waals surface area contributed by atoms with Crippen LogP contribution >= 0.6 is 0 Å².